The molecule has 376 valence electrons. The SMILES string of the molecule is C.C.CN1C(C(=O)Nc2ccc(F)c(Cl)c2)CC(c2ccc(-c3cnn(C)c3)cc2)NS1(=O)=O.CN1C(C(=O)Nc2ccc(F)c(Cl)c2)CC(c2ccc(Br)cc2)NS1(=O)=O.Cn1cc(B(O)O)cn1. The molecule has 2 amide bonds. The summed E-state index contributed by atoms with van der Waals surface area (Å²) in [6.45, 7) is 0. The van der Waals surface area contributed by atoms with Crippen LogP contribution in [-0.2, 0) is 44.1 Å². The van der Waals surface area contributed by atoms with Crippen molar-refractivity contribution in [1.29, 1.82) is 0 Å². The Bertz CT molecular complexity index is 3000. The fraction of sp³-hybridized carbons (Fsp3) is 0.273. The molecule has 4 atom stereocenters. The molecule has 2 aliphatic heterocycles. The number of carbonyl (C=O) groups excluding carboxylic acids is 2. The van der Waals surface area contributed by atoms with E-state index >= 15 is 0 Å². The molecule has 4 aromatic carbocycles. The molecule has 0 bridgehead atoms. The van der Waals surface area contributed by atoms with Crippen molar-refractivity contribution in [2.24, 2.45) is 14.1 Å². The van der Waals surface area contributed by atoms with Crippen molar-refractivity contribution >= 4 is 95.3 Å². The van der Waals surface area contributed by atoms with Crippen molar-refractivity contribution in [1.82, 2.24) is 37.6 Å². The van der Waals surface area contributed by atoms with Gasteiger partial charge in [-0.1, -0.05) is 90.4 Å². The number of amides is 2. The van der Waals surface area contributed by atoms with E-state index in [0.29, 0.717) is 5.46 Å². The van der Waals surface area contributed by atoms with Crippen LogP contribution in [0.3, 0.4) is 0 Å². The van der Waals surface area contributed by atoms with Gasteiger partial charge >= 0.3 is 7.12 Å². The third-order valence-corrected chi connectivity index (χ3v) is 15.1. The van der Waals surface area contributed by atoms with Gasteiger partial charge < -0.3 is 20.7 Å². The van der Waals surface area contributed by atoms with Gasteiger partial charge in [0, 0.05) is 85.7 Å². The predicted octanol–water partition coefficient (Wildman–Crippen LogP) is 5.93. The molecular formula is C44H52BBrCl2F2N10O8S2. The number of likely N-dealkylation sites (N-methyl/N-ethyl adjacent to an activating group) is 2. The van der Waals surface area contributed by atoms with Gasteiger partial charge in [-0.3, -0.25) is 19.0 Å². The Morgan fingerprint density at radius 2 is 1.09 bits per heavy atom. The summed E-state index contributed by atoms with van der Waals surface area (Å²) >= 11 is 14.8. The highest BCUT2D eigenvalue weighted by Gasteiger charge is 2.42. The van der Waals surface area contributed by atoms with Crippen molar-refractivity contribution in [3.05, 3.63) is 147 Å². The van der Waals surface area contributed by atoms with E-state index in [9.17, 15) is 35.2 Å². The second-order valence-corrected chi connectivity index (χ2v) is 20.8. The Morgan fingerprint density at radius 3 is 1.44 bits per heavy atom. The molecule has 0 aliphatic carbocycles. The van der Waals surface area contributed by atoms with Crippen LogP contribution in [0.15, 0.2) is 114 Å². The number of carbonyl (C=O) groups is 2. The van der Waals surface area contributed by atoms with E-state index in [4.69, 9.17) is 33.2 Å². The fourth-order valence-corrected chi connectivity index (χ4v) is 10.2. The molecule has 0 spiro atoms. The van der Waals surface area contributed by atoms with Crippen LogP contribution in [0, 0.1) is 11.6 Å². The summed E-state index contributed by atoms with van der Waals surface area (Å²) < 4.78 is 88.2. The normalized spacial score (nSPS) is 19.4. The Kier molecular flexibility index (Phi) is 20.0. The van der Waals surface area contributed by atoms with Crippen LogP contribution in [0.25, 0.3) is 11.1 Å². The van der Waals surface area contributed by atoms with Gasteiger partial charge in [-0.15, -0.1) is 0 Å². The number of hydrogen-bond acceptors (Lipinski definition) is 10. The third kappa shape index (κ3) is 14.5. The van der Waals surface area contributed by atoms with Gasteiger partial charge in [0.05, 0.1) is 16.2 Å². The van der Waals surface area contributed by atoms with Crippen molar-refractivity contribution in [3.8, 4) is 11.1 Å². The first kappa shape index (κ1) is 57.5. The zero-order valence-corrected chi connectivity index (χ0v) is 41.2. The highest BCUT2D eigenvalue weighted by molar-refractivity contribution is 9.10. The average molecular weight is 1110 g/mol. The predicted molar refractivity (Wildman–Crippen MR) is 271 cm³/mol. The lowest BCUT2D eigenvalue weighted by molar-refractivity contribution is -0.120. The van der Waals surface area contributed by atoms with Gasteiger partial charge in [0.1, 0.15) is 23.7 Å². The highest BCUT2D eigenvalue weighted by atomic mass is 79.9. The largest absolute Gasteiger partial charge is 0.491 e. The monoisotopic (exact) mass is 1110 g/mol. The minimum Gasteiger partial charge on any atom is -0.423 e. The van der Waals surface area contributed by atoms with E-state index < -0.39 is 75.2 Å². The van der Waals surface area contributed by atoms with Crippen molar-refractivity contribution in [3.63, 3.8) is 0 Å². The number of aromatic nitrogens is 4. The molecule has 4 heterocycles. The van der Waals surface area contributed by atoms with Gasteiger partial charge in [-0.05, 0) is 78.1 Å². The molecule has 4 unspecified atom stereocenters. The van der Waals surface area contributed by atoms with E-state index in [1.165, 1.54) is 49.2 Å². The Hall–Kier alpha value is -5.12. The van der Waals surface area contributed by atoms with Crippen LogP contribution in [0.5, 0.6) is 0 Å². The number of hydrogen-bond donors (Lipinski definition) is 6. The number of aryl methyl sites for hydroxylation is 2. The Morgan fingerprint density at radius 1 is 0.671 bits per heavy atom. The summed E-state index contributed by atoms with van der Waals surface area (Å²) in [5.41, 5.74) is 4.35. The molecule has 0 radical (unpaired) electrons. The summed E-state index contributed by atoms with van der Waals surface area (Å²) in [5, 5.41) is 29.9. The van der Waals surface area contributed by atoms with Crippen molar-refractivity contribution in [2.45, 2.75) is 51.9 Å². The van der Waals surface area contributed by atoms with Crippen LogP contribution < -0.4 is 25.5 Å². The van der Waals surface area contributed by atoms with Crippen molar-refractivity contribution in [2.75, 3.05) is 24.7 Å². The first-order valence-electron chi connectivity index (χ1n) is 20.2. The molecule has 8 rings (SSSR count). The summed E-state index contributed by atoms with van der Waals surface area (Å²) in [7, 11) is -2.93. The van der Waals surface area contributed by atoms with E-state index in [0.717, 1.165) is 47.5 Å². The van der Waals surface area contributed by atoms with E-state index in [-0.39, 0.29) is 49.1 Å². The maximum absolute atomic E-state index is 13.4. The molecule has 6 aromatic rings. The number of anilines is 2. The number of nitrogens with one attached hydrogen (secondary N) is 4. The molecule has 26 heteroatoms. The summed E-state index contributed by atoms with van der Waals surface area (Å²) in [5.74, 6) is -2.27. The lowest BCUT2D eigenvalue weighted by Gasteiger charge is -2.36. The summed E-state index contributed by atoms with van der Waals surface area (Å²) in [4.78, 5) is 25.6. The summed E-state index contributed by atoms with van der Waals surface area (Å²) in [6, 6.07) is 19.1. The number of benzene rings is 4. The van der Waals surface area contributed by atoms with E-state index in [2.05, 4.69) is 46.2 Å². The van der Waals surface area contributed by atoms with Crippen LogP contribution in [0.1, 0.15) is 50.9 Å². The number of rotatable bonds is 8. The highest BCUT2D eigenvalue weighted by Crippen LogP contribution is 2.32. The molecule has 2 fully saturated rings. The quantitative estimate of drug-likeness (QED) is 0.0984. The standard InChI is InChI=1S/C21H21ClFN5O3S.C17H16BrClFN3O3S.C4H7BN2O2.2CH4/c1-27-12-15(11-24-27)13-3-5-14(6-4-13)19-10-20(28(2)32(30,31)26-19)21(29)25-16-7-8-18(23)17(22)9-16;1-23-16(17(24)21-12-6-7-14(20)13(19)8-12)9-15(22-27(23,25)26)10-2-4-11(18)5-3-10;1-7-3-4(2-6-7)5(8)9;;/h3-9,11-12,19-20,26H,10H2,1-2H3,(H,25,29);2-8,15-16,22H,9H2,1H3,(H,21,24);2-3,8-9H,1H3;2*1H4. The van der Waals surface area contributed by atoms with Crippen LogP contribution in [0.2, 0.25) is 10.0 Å². The molecule has 0 saturated carbocycles. The maximum Gasteiger partial charge on any atom is 0.491 e. The second-order valence-electron chi connectivity index (χ2n) is 15.5. The summed E-state index contributed by atoms with van der Waals surface area (Å²) in [6.07, 6.45) is 7.03. The minimum atomic E-state index is -3.90. The molecule has 2 saturated heterocycles. The smallest absolute Gasteiger partial charge is 0.423 e. The molecule has 18 nitrogen and oxygen atoms in total. The molecular weight excluding hydrogens is 1060 g/mol. The molecule has 6 N–H and O–H groups in total. The second kappa shape index (κ2) is 24.3. The minimum absolute atomic E-state index is 0. The third-order valence-electron chi connectivity index (χ3n) is 10.8. The molecule has 70 heavy (non-hydrogen) atoms. The van der Waals surface area contributed by atoms with E-state index in [1.807, 2.05) is 37.5 Å². The van der Waals surface area contributed by atoms with Crippen LogP contribution in [0.4, 0.5) is 20.2 Å². The number of halogens is 5. The topological polar surface area (TPSA) is 233 Å². The maximum atomic E-state index is 13.4. The first-order chi connectivity index (χ1) is 32.0. The van der Waals surface area contributed by atoms with Gasteiger partial charge in [-0.25, -0.2) is 8.78 Å². The molecule has 2 aliphatic rings. The van der Waals surface area contributed by atoms with Gasteiger partial charge in [-0.2, -0.15) is 45.1 Å². The average Bonchev–Trinajstić information content (AvgIpc) is 3.94. The lowest BCUT2D eigenvalue weighted by atomic mass is 9.83. The molecule has 2 aromatic heterocycles. The van der Waals surface area contributed by atoms with E-state index in [1.54, 1.807) is 48.4 Å². The van der Waals surface area contributed by atoms with Gasteiger partial charge in [0.25, 0.3) is 20.4 Å². The van der Waals surface area contributed by atoms with Crippen LogP contribution in [-0.4, -0.2) is 100 Å². The zero-order chi connectivity index (χ0) is 49.7. The van der Waals surface area contributed by atoms with Gasteiger partial charge in [0.15, 0.2) is 0 Å². The van der Waals surface area contributed by atoms with Gasteiger partial charge in [0.2, 0.25) is 11.8 Å². The lowest BCUT2D eigenvalue weighted by Crippen LogP contribution is -2.55. The zero-order valence-electron chi connectivity index (χ0n) is 36.4. The first-order valence-corrected chi connectivity index (χ1v) is 24.7. The Balaban J connectivity index is 0.000000254. The van der Waals surface area contributed by atoms with Crippen molar-refractivity contribution < 1.29 is 45.3 Å². The van der Waals surface area contributed by atoms with Crippen LogP contribution >= 0.6 is 39.1 Å². The fourth-order valence-electron chi connectivity index (χ4n) is 7.00. The number of nitrogens with zero attached hydrogens (tertiary/aromatic N) is 6. The Labute approximate surface area is 424 Å².